The van der Waals surface area contributed by atoms with Crippen LogP contribution in [0.3, 0.4) is 0 Å². The predicted octanol–water partition coefficient (Wildman–Crippen LogP) is 4.20. The first-order valence-corrected chi connectivity index (χ1v) is 10.1. The zero-order valence-corrected chi connectivity index (χ0v) is 16.3. The van der Waals surface area contributed by atoms with Crippen LogP contribution in [0.5, 0.6) is 0 Å². The molecule has 28 heavy (non-hydrogen) atoms. The number of rotatable bonds is 5. The average Bonchev–Trinajstić information content (AvgIpc) is 3.52. The summed E-state index contributed by atoms with van der Waals surface area (Å²) >= 11 is 0. The molecular formula is C23H27N3O2. The number of nitrogens with one attached hydrogen (secondary N) is 2. The Kier molecular flexibility index (Phi) is 5.33. The SMILES string of the molecule is Cc1ccccc1NC(=O)C1CC1C(=O)Nc1ccc(N2CCCCC2)cc1. The van der Waals surface area contributed by atoms with Crippen molar-refractivity contribution in [1.82, 2.24) is 0 Å². The Balaban J connectivity index is 1.30. The van der Waals surface area contributed by atoms with Gasteiger partial charge in [0.25, 0.3) is 0 Å². The van der Waals surface area contributed by atoms with Gasteiger partial charge in [-0.15, -0.1) is 0 Å². The predicted molar refractivity (Wildman–Crippen MR) is 113 cm³/mol. The second-order valence-electron chi connectivity index (χ2n) is 7.84. The van der Waals surface area contributed by atoms with Crippen molar-refractivity contribution in [2.75, 3.05) is 28.6 Å². The van der Waals surface area contributed by atoms with Crippen LogP contribution < -0.4 is 15.5 Å². The van der Waals surface area contributed by atoms with Crippen molar-refractivity contribution >= 4 is 28.9 Å². The van der Waals surface area contributed by atoms with Crippen LogP contribution in [-0.4, -0.2) is 24.9 Å². The smallest absolute Gasteiger partial charge is 0.228 e. The Morgan fingerprint density at radius 3 is 2.18 bits per heavy atom. The minimum atomic E-state index is -0.245. The zero-order chi connectivity index (χ0) is 19.5. The molecule has 0 aromatic heterocycles. The van der Waals surface area contributed by atoms with Gasteiger partial charge in [-0.05, 0) is 68.5 Å². The van der Waals surface area contributed by atoms with Gasteiger partial charge in [-0.3, -0.25) is 9.59 Å². The fourth-order valence-electron chi connectivity index (χ4n) is 3.86. The number of benzene rings is 2. The number of carbonyl (C=O) groups excluding carboxylic acids is 2. The molecule has 1 heterocycles. The highest BCUT2D eigenvalue weighted by Crippen LogP contribution is 2.40. The summed E-state index contributed by atoms with van der Waals surface area (Å²) in [5.74, 6) is -0.636. The molecule has 2 N–H and O–H groups in total. The van der Waals surface area contributed by atoms with Gasteiger partial charge in [0.15, 0.2) is 0 Å². The molecule has 4 rings (SSSR count). The summed E-state index contributed by atoms with van der Waals surface area (Å²) in [4.78, 5) is 27.3. The van der Waals surface area contributed by atoms with Crippen molar-refractivity contribution in [1.29, 1.82) is 0 Å². The molecule has 1 saturated heterocycles. The molecule has 5 nitrogen and oxygen atoms in total. The minimum absolute atomic E-state index is 0.0735. The van der Waals surface area contributed by atoms with Crippen molar-refractivity contribution in [2.45, 2.75) is 32.6 Å². The molecule has 2 unspecified atom stereocenters. The molecule has 2 aromatic rings. The van der Waals surface area contributed by atoms with Crippen molar-refractivity contribution < 1.29 is 9.59 Å². The zero-order valence-electron chi connectivity index (χ0n) is 16.3. The Hall–Kier alpha value is -2.82. The summed E-state index contributed by atoms with van der Waals surface area (Å²) in [7, 11) is 0. The third kappa shape index (κ3) is 4.19. The highest BCUT2D eigenvalue weighted by molar-refractivity contribution is 6.03. The number of amides is 2. The molecule has 0 radical (unpaired) electrons. The normalized spacial score (nSPS) is 21.1. The van der Waals surface area contributed by atoms with E-state index in [2.05, 4.69) is 27.7 Å². The number of hydrogen-bond acceptors (Lipinski definition) is 3. The first kappa shape index (κ1) is 18.5. The largest absolute Gasteiger partial charge is 0.372 e. The Bertz CT molecular complexity index is 856. The van der Waals surface area contributed by atoms with Gasteiger partial charge < -0.3 is 15.5 Å². The number of nitrogens with zero attached hydrogens (tertiary/aromatic N) is 1. The molecule has 1 saturated carbocycles. The lowest BCUT2D eigenvalue weighted by molar-refractivity contribution is -0.122. The van der Waals surface area contributed by atoms with E-state index in [1.165, 1.54) is 24.9 Å². The second-order valence-corrected chi connectivity index (χ2v) is 7.84. The van der Waals surface area contributed by atoms with Crippen molar-refractivity contribution in [3.63, 3.8) is 0 Å². The maximum atomic E-state index is 12.5. The summed E-state index contributed by atoms with van der Waals surface area (Å²) in [6.45, 7) is 4.16. The van der Waals surface area contributed by atoms with Crippen LogP contribution in [0.15, 0.2) is 48.5 Å². The summed E-state index contributed by atoms with van der Waals surface area (Å²) in [5.41, 5.74) is 3.83. The standard InChI is InChI=1S/C23H27N3O2/c1-16-7-3-4-8-21(16)25-23(28)20-15-19(20)22(27)24-17-9-11-18(12-10-17)26-13-5-2-6-14-26/h3-4,7-12,19-20H,2,5-6,13-15H2,1H3,(H,24,27)(H,25,28). The Morgan fingerprint density at radius 2 is 1.50 bits per heavy atom. The fraction of sp³-hybridized carbons (Fsp3) is 0.391. The molecule has 5 heteroatoms. The third-order valence-corrected chi connectivity index (χ3v) is 5.72. The van der Waals surface area contributed by atoms with E-state index >= 15 is 0 Å². The van der Waals surface area contributed by atoms with E-state index in [4.69, 9.17) is 0 Å². The summed E-state index contributed by atoms with van der Waals surface area (Å²) in [6, 6.07) is 15.7. The number of aryl methyl sites for hydroxylation is 1. The van der Waals surface area contributed by atoms with Crippen LogP contribution >= 0.6 is 0 Å². The van der Waals surface area contributed by atoms with Crippen molar-refractivity contribution in [2.24, 2.45) is 11.8 Å². The number of hydrogen-bond donors (Lipinski definition) is 2. The van der Waals surface area contributed by atoms with Crippen LogP contribution in [0, 0.1) is 18.8 Å². The van der Waals surface area contributed by atoms with E-state index in [9.17, 15) is 9.59 Å². The molecular weight excluding hydrogens is 350 g/mol. The Labute approximate surface area is 166 Å². The van der Waals surface area contributed by atoms with Crippen LogP contribution in [0.4, 0.5) is 17.1 Å². The van der Waals surface area contributed by atoms with Crippen molar-refractivity contribution in [3.05, 3.63) is 54.1 Å². The first-order valence-electron chi connectivity index (χ1n) is 10.1. The minimum Gasteiger partial charge on any atom is -0.372 e. The van der Waals surface area contributed by atoms with Crippen LogP contribution in [0.2, 0.25) is 0 Å². The van der Waals surface area contributed by atoms with E-state index < -0.39 is 0 Å². The second kappa shape index (κ2) is 8.05. The maximum Gasteiger partial charge on any atom is 0.228 e. The molecule has 146 valence electrons. The summed E-state index contributed by atoms with van der Waals surface area (Å²) in [6.07, 6.45) is 4.40. The highest BCUT2D eigenvalue weighted by atomic mass is 16.2. The van der Waals surface area contributed by atoms with Gasteiger partial charge in [-0.25, -0.2) is 0 Å². The van der Waals surface area contributed by atoms with Gasteiger partial charge >= 0.3 is 0 Å². The number of anilines is 3. The maximum absolute atomic E-state index is 12.5. The van der Waals surface area contributed by atoms with Crippen LogP contribution in [0.1, 0.15) is 31.2 Å². The van der Waals surface area contributed by atoms with Crippen LogP contribution in [0.25, 0.3) is 0 Å². The van der Waals surface area contributed by atoms with Crippen molar-refractivity contribution in [3.8, 4) is 0 Å². The third-order valence-electron chi connectivity index (χ3n) is 5.72. The van der Waals surface area contributed by atoms with E-state index in [0.717, 1.165) is 30.0 Å². The van der Waals surface area contributed by atoms with Gasteiger partial charge in [-0.2, -0.15) is 0 Å². The number of para-hydroxylation sites is 1. The molecule has 1 aliphatic heterocycles. The topological polar surface area (TPSA) is 61.4 Å². The highest BCUT2D eigenvalue weighted by Gasteiger charge is 2.48. The van der Waals surface area contributed by atoms with Gasteiger partial charge in [0.2, 0.25) is 11.8 Å². The number of piperidine rings is 1. The number of carbonyl (C=O) groups is 2. The quantitative estimate of drug-likeness (QED) is 0.821. The molecule has 0 spiro atoms. The lowest BCUT2D eigenvalue weighted by atomic mass is 10.1. The molecule has 2 atom stereocenters. The van der Waals surface area contributed by atoms with Gasteiger partial charge in [0, 0.05) is 30.2 Å². The van der Waals surface area contributed by atoms with E-state index in [1.54, 1.807) is 0 Å². The lowest BCUT2D eigenvalue weighted by Gasteiger charge is -2.28. The van der Waals surface area contributed by atoms with E-state index in [1.807, 2.05) is 43.3 Å². The van der Waals surface area contributed by atoms with E-state index in [-0.39, 0.29) is 23.7 Å². The fourth-order valence-corrected chi connectivity index (χ4v) is 3.86. The Morgan fingerprint density at radius 1 is 0.857 bits per heavy atom. The molecule has 2 fully saturated rings. The van der Waals surface area contributed by atoms with Gasteiger partial charge in [0.1, 0.15) is 0 Å². The molecule has 2 amide bonds. The molecule has 2 aliphatic rings. The van der Waals surface area contributed by atoms with Gasteiger partial charge in [-0.1, -0.05) is 18.2 Å². The molecule has 2 aromatic carbocycles. The van der Waals surface area contributed by atoms with Gasteiger partial charge in [0.05, 0.1) is 11.8 Å². The molecule has 1 aliphatic carbocycles. The first-order chi connectivity index (χ1) is 13.6. The monoisotopic (exact) mass is 377 g/mol. The summed E-state index contributed by atoms with van der Waals surface area (Å²) < 4.78 is 0. The molecule has 0 bridgehead atoms. The average molecular weight is 377 g/mol. The summed E-state index contributed by atoms with van der Waals surface area (Å²) in [5, 5.41) is 5.90. The van der Waals surface area contributed by atoms with Crippen LogP contribution in [-0.2, 0) is 9.59 Å². The lowest BCUT2D eigenvalue weighted by Crippen LogP contribution is -2.29. The van der Waals surface area contributed by atoms with E-state index in [0.29, 0.717) is 6.42 Å².